The van der Waals surface area contributed by atoms with Crippen molar-refractivity contribution in [1.82, 2.24) is 5.32 Å². The summed E-state index contributed by atoms with van der Waals surface area (Å²) in [5, 5.41) is 23.5. The minimum atomic E-state index is -0.660. The molecule has 0 aromatic heterocycles. The highest BCUT2D eigenvalue weighted by atomic mass is 16.5. The predicted octanol–water partition coefficient (Wildman–Crippen LogP) is 26.9. The lowest BCUT2D eigenvalue weighted by atomic mass is 10.0. The van der Waals surface area contributed by atoms with Crippen molar-refractivity contribution in [3.63, 3.8) is 0 Å². The molecule has 0 bridgehead atoms. The highest BCUT2D eigenvalue weighted by molar-refractivity contribution is 5.76. The van der Waals surface area contributed by atoms with E-state index >= 15 is 0 Å². The molecule has 1 amide bonds. The van der Waals surface area contributed by atoms with Gasteiger partial charge in [0.1, 0.15) is 0 Å². The topological polar surface area (TPSA) is 95.9 Å². The summed E-state index contributed by atoms with van der Waals surface area (Å²) in [5.41, 5.74) is 0. The summed E-state index contributed by atoms with van der Waals surface area (Å²) < 4.78 is 5.49. The van der Waals surface area contributed by atoms with E-state index in [1.54, 1.807) is 0 Å². The Morgan fingerprint density at radius 2 is 0.471 bits per heavy atom. The molecule has 0 saturated heterocycles. The van der Waals surface area contributed by atoms with E-state index < -0.39 is 12.1 Å². The Bertz CT molecular complexity index is 1280. The fourth-order valence-corrected chi connectivity index (χ4v) is 13.5. The number of amides is 1. The molecule has 0 aliphatic rings. The third-order valence-electron chi connectivity index (χ3n) is 19.7. The number of aliphatic hydroxyl groups is 2. The monoisotopic (exact) mass is 1230 g/mol. The van der Waals surface area contributed by atoms with Crippen LogP contribution in [0.15, 0.2) is 0 Å². The Morgan fingerprint density at radius 1 is 0.276 bits per heavy atom. The number of carbonyl (C=O) groups excluding carboxylic acids is 2. The minimum absolute atomic E-state index is 0.0229. The first kappa shape index (κ1) is 85.9. The van der Waals surface area contributed by atoms with Crippen molar-refractivity contribution >= 4 is 11.9 Å². The second-order valence-corrected chi connectivity index (χ2v) is 28.5. The van der Waals surface area contributed by atoms with Gasteiger partial charge in [-0.1, -0.05) is 444 Å². The van der Waals surface area contributed by atoms with E-state index in [4.69, 9.17) is 4.74 Å². The third-order valence-corrected chi connectivity index (χ3v) is 19.7. The zero-order valence-electron chi connectivity index (χ0n) is 59.8. The Hall–Kier alpha value is -1.14. The largest absolute Gasteiger partial charge is 0.466 e. The fourth-order valence-electron chi connectivity index (χ4n) is 13.5. The van der Waals surface area contributed by atoms with E-state index in [0.29, 0.717) is 25.9 Å². The lowest BCUT2D eigenvalue weighted by molar-refractivity contribution is -0.143. The van der Waals surface area contributed by atoms with Crippen LogP contribution < -0.4 is 5.32 Å². The van der Waals surface area contributed by atoms with Gasteiger partial charge in [0.2, 0.25) is 5.91 Å². The number of nitrogens with one attached hydrogen (secondary N) is 1. The molecule has 2 unspecified atom stereocenters. The highest BCUT2D eigenvalue weighted by Crippen LogP contribution is 2.21. The number of unbranched alkanes of at least 4 members (excludes halogenated alkanes) is 67. The maximum absolute atomic E-state index is 12.6. The molecule has 0 aliphatic carbocycles. The molecular formula is C81H161NO5. The standard InChI is InChI=1S/C81H161NO5/c1-3-5-7-9-11-13-15-16-17-18-19-41-44-47-50-54-57-61-65-69-73-79(84)78(77-83)82-80(85)74-70-66-62-58-55-51-48-45-42-39-37-35-33-31-29-27-25-23-21-20-22-24-26-28-30-32-34-36-38-40-43-46-49-52-56-60-64-68-72-76-87-81(86)75-71-67-63-59-53-14-12-10-8-6-4-2/h78-79,83-84H,3-77H2,1-2H3,(H,82,85). The average Bonchev–Trinajstić information content (AvgIpc) is 3.52. The van der Waals surface area contributed by atoms with Crippen LogP contribution in [-0.2, 0) is 14.3 Å². The molecule has 0 aromatic carbocycles. The maximum atomic E-state index is 12.6. The minimum Gasteiger partial charge on any atom is -0.466 e. The van der Waals surface area contributed by atoms with Gasteiger partial charge in [-0.25, -0.2) is 0 Å². The molecule has 0 radical (unpaired) electrons. The smallest absolute Gasteiger partial charge is 0.305 e. The summed E-state index contributed by atoms with van der Waals surface area (Å²) in [4.78, 5) is 24.6. The maximum Gasteiger partial charge on any atom is 0.305 e. The van der Waals surface area contributed by atoms with Crippen LogP contribution in [0.2, 0.25) is 0 Å². The number of hydrogen-bond acceptors (Lipinski definition) is 5. The van der Waals surface area contributed by atoms with Crippen molar-refractivity contribution in [2.24, 2.45) is 0 Å². The zero-order chi connectivity index (χ0) is 62.8. The molecule has 0 fully saturated rings. The van der Waals surface area contributed by atoms with Gasteiger partial charge >= 0.3 is 5.97 Å². The molecule has 0 aliphatic heterocycles. The van der Waals surface area contributed by atoms with Crippen LogP contribution in [0, 0.1) is 0 Å². The molecular weight excluding hydrogens is 1070 g/mol. The van der Waals surface area contributed by atoms with E-state index in [1.165, 1.54) is 411 Å². The first-order chi connectivity index (χ1) is 43.0. The molecule has 0 aromatic rings. The first-order valence-corrected chi connectivity index (χ1v) is 40.8. The van der Waals surface area contributed by atoms with Crippen LogP contribution in [-0.4, -0.2) is 47.4 Å². The number of hydrogen-bond donors (Lipinski definition) is 3. The number of rotatable bonds is 78. The quantitative estimate of drug-likeness (QED) is 0.0417. The van der Waals surface area contributed by atoms with Crippen molar-refractivity contribution < 1.29 is 24.5 Å². The van der Waals surface area contributed by atoms with Crippen molar-refractivity contribution in [2.45, 2.75) is 495 Å². The SMILES string of the molecule is CCCCCCCCCCCCCCCCCCCCCCC(O)C(CO)NC(=O)CCCCCCCCCCCCCCCCCCCCCCCCCCCCCCCCCCCCCCCCCOC(=O)CCCCCCCCCCCCC. The van der Waals surface area contributed by atoms with Gasteiger partial charge < -0.3 is 20.3 Å². The molecule has 0 spiro atoms. The lowest BCUT2D eigenvalue weighted by Crippen LogP contribution is -2.45. The van der Waals surface area contributed by atoms with E-state index in [0.717, 1.165) is 38.5 Å². The Kier molecular flexibility index (Phi) is 76.3. The Morgan fingerprint density at radius 3 is 0.701 bits per heavy atom. The molecule has 520 valence electrons. The molecule has 3 N–H and O–H groups in total. The fraction of sp³-hybridized carbons (Fsp3) is 0.975. The zero-order valence-corrected chi connectivity index (χ0v) is 59.8. The van der Waals surface area contributed by atoms with Crippen LogP contribution >= 0.6 is 0 Å². The first-order valence-electron chi connectivity index (χ1n) is 40.8. The Labute approximate surface area is 547 Å². The van der Waals surface area contributed by atoms with E-state index in [9.17, 15) is 19.8 Å². The highest BCUT2D eigenvalue weighted by Gasteiger charge is 2.20. The van der Waals surface area contributed by atoms with E-state index in [1.807, 2.05) is 0 Å². The van der Waals surface area contributed by atoms with Crippen molar-refractivity contribution in [3.8, 4) is 0 Å². The van der Waals surface area contributed by atoms with Gasteiger partial charge in [0.05, 0.1) is 25.4 Å². The normalized spacial score (nSPS) is 12.4. The molecule has 0 rings (SSSR count). The number of esters is 1. The number of carbonyl (C=O) groups is 2. The van der Waals surface area contributed by atoms with E-state index in [2.05, 4.69) is 19.2 Å². The van der Waals surface area contributed by atoms with Gasteiger partial charge in [-0.05, 0) is 25.7 Å². The molecule has 0 heterocycles. The van der Waals surface area contributed by atoms with Gasteiger partial charge in [0.25, 0.3) is 0 Å². The summed E-state index contributed by atoms with van der Waals surface area (Å²) >= 11 is 0. The number of aliphatic hydroxyl groups excluding tert-OH is 2. The predicted molar refractivity (Wildman–Crippen MR) is 384 cm³/mol. The van der Waals surface area contributed by atoms with E-state index in [-0.39, 0.29) is 18.5 Å². The van der Waals surface area contributed by atoms with Gasteiger partial charge in [-0.2, -0.15) is 0 Å². The molecule has 0 saturated carbocycles. The molecule has 87 heavy (non-hydrogen) atoms. The summed E-state index contributed by atoms with van der Waals surface area (Å²) in [6.07, 6.45) is 96.5. The second kappa shape index (κ2) is 77.3. The van der Waals surface area contributed by atoms with Crippen molar-refractivity contribution in [1.29, 1.82) is 0 Å². The van der Waals surface area contributed by atoms with Crippen LogP contribution in [0.3, 0.4) is 0 Å². The summed E-state index contributed by atoms with van der Waals surface area (Å²) in [7, 11) is 0. The van der Waals surface area contributed by atoms with Gasteiger partial charge in [-0.3, -0.25) is 9.59 Å². The molecule has 6 nitrogen and oxygen atoms in total. The van der Waals surface area contributed by atoms with Gasteiger partial charge in [-0.15, -0.1) is 0 Å². The number of ether oxygens (including phenoxy) is 1. The van der Waals surface area contributed by atoms with Crippen LogP contribution in [0.1, 0.15) is 483 Å². The van der Waals surface area contributed by atoms with Crippen LogP contribution in [0.25, 0.3) is 0 Å². The van der Waals surface area contributed by atoms with Crippen LogP contribution in [0.4, 0.5) is 0 Å². The van der Waals surface area contributed by atoms with Crippen molar-refractivity contribution in [2.75, 3.05) is 13.2 Å². The molecule has 2 atom stereocenters. The Balaban J connectivity index is 3.29. The summed E-state index contributed by atoms with van der Waals surface area (Å²) in [6, 6.07) is -0.536. The van der Waals surface area contributed by atoms with Crippen molar-refractivity contribution in [3.05, 3.63) is 0 Å². The third kappa shape index (κ3) is 73.8. The summed E-state index contributed by atoms with van der Waals surface area (Å²) in [5.74, 6) is 0.00214. The molecule has 6 heteroatoms. The lowest BCUT2D eigenvalue weighted by Gasteiger charge is -2.22. The van der Waals surface area contributed by atoms with Gasteiger partial charge in [0.15, 0.2) is 0 Å². The second-order valence-electron chi connectivity index (χ2n) is 28.5. The summed E-state index contributed by atoms with van der Waals surface area (Å²) in [6.45, 7) is 5.01. The van der Waals surface area contributed by atoms with Crippen LogP contribution in [0.5, 0.6) is 0 Å². The van der Waals surface area contributed by atoms with Gasteiger partial charge in [0, 0.05) is 12.8 Å². The average molecular weight is 1230 g/mol.